The molecule has 1 heterocycles. The van der Waals surface area contributed by atoms with Gasteiger partial charge in [-0.05, 0) is 19.1 Å². The molecule has 116 valence electrons. The number of nitrogens with zero attached hydrogens (tertiary/aromatic N) is 2. The van der Waals surface area contributed by atoms with Gasteiger partial charge in [-0.1, -0.05) is 18.2 Å². The third-order valence-electron chi connectivity index (χ3n) is 2.80. The number of hydrogen-bond acceptors (Lipinski definition) is 5. The normalized spacial score (nSPS) is 10.2. The number of rotatable bonds is 2. The standard InChI is InChI=1S/C12H15N3O.CH4O3S.Na/c1-9-11(13-2)12(16)15(14(9)3)10-7-5-4-6-8-10;1-5(2,3)4;/h4-8,13H,1-3H3;1H3,(H,2,3,4);/q;;+1/p-1. The van der Waals surface area contributed by atoms with E-state index in [0.29, 0.717) is 11.9 Å². The summed E-state index contributed by atoms with van der Waals surface area (Å²) >= 11 is 0. The summed E-state index contributed by atoms with van der Waals surface area (Å²) in [4.78, 5) is 12.1. The quantitative estimate of drug-likeness (QED) is 0.491. The minimum absolute atomic E-state index is 0. The molecule has 1 N–H and O–H groups in total. The van der Waals surface area contributed by atoms with Crippen LogP contribution in [0.4, 0.5) is 5.69 Å². The molecule has 0 spiro atoms. The van der Waals surface area contributed by atoms with Gasteiger partial charge in [-0.3, -0.25) is 9.48 Å². The van der Waals surface area contributed by atoms with Crippen molar-refractivity contribution in [2.24, 2.45) is 7.05 Å². The molecule has 2 aromatic rings. The zero-order chi connectivity index (χ0) is 16.2. The van der Waals surface area contributed by atoms with Gasteiger partial charge in [-0.15, -0.1) is 0 Å². The van der Waals surface area contributed by atoms with E-state index in [1.807, 2.05) is 49.0 Å². The second kappa shape index (κ2) is 8.54. The van der Waals surface area contributed by atoms with E-state index in [1.54, 1.807) is 11.7 Å². The second-order valence-corrected chi connectivity index (χ2v) is 5.80. The maximum absolute atomic E-state index is 12.1. The Bertz CT molecular complexity index is 759. The Morgan fingerprint density at radius 2 is 1.64 bits per heavy atom. The maximum Gasteiger partial charge on any atom is 1.00 e. The molecule has 0 radical (unpaired) electrons. The van der Waals surface area contributed by atoms with E-state index < -0.39 is 10.1 Å². The number of aromatic nitrogens is 2. The van der Waals surface area contributed by atoms with Gasteiger partial charge >= 0.3 is 29.6 Å². The summed E-state index contributed by atoms with van der Waals surface area (Å²) in [5.41, 5.74) is 2.43. The molecule has 0 unspecified atom stereocenters. The number of benzene rings is 1. The van der Waals surface area contributed by atoms with Crippen LogP contribution in [0.15, 0.2) is 35.1 Å². The molecule has 0 amide bonds. The van der Waals surface area contributed by atoms with E-state index in [2.05, 4.69) is 5.32 Å². The van der Waals surface area contributed by atoms with Crippen LogP contribution in [0, 0.1) is 6.92 Å². The molecule has 0 saturated heterocycles. The molecule has 0 atom stereocenters. The van der Waals surface area contributed by atoms with E-state index in [9.17, 15) is 4.79 Å². The van der Waals surface area contributed by atoms with Crippen molar-refractivity contribution < 1.29 is 42.5 Å². The van der Waals surface area contributed by atoms with Crippen LogP contribution in [0.5, 0.6) is 0 Å². The van der Waals surface area contributed by atoms with Crippen LogP contribution in [0.2, 0.25) is 0 Å². The van der Waals surface area contributed by atoms with Crippen molar-refractivity contribution in [1.82, 2.24) is 9.36 Å². The SMILES string of the molecule is CNc1c(C)n(C)n(-c2ccccc2)c1=O.CS(=O)(=O)[O-].[Na+]. The number of para-hydroxylation sites is 1. The zero-order valence-corrected chi connectivity index (χ0v) is 16.1. The Balaban J connectivity index is 0.000000644. The second-order valence-electron chi connectivity index (χ2n) is 4.39. The summed E-state index contributed by atoms with van der Waals surface area (Å²) in [5.74, 6) is 0. The van der Waals surface area contributed by atoms with Gasteiger partial charge in [0.05, 0.1) is 21.5 Å². The first kappa shape index (κ1) is 20.9. The van der Waals surface area contributed by atoms with Gasteiger partial charge in [0.2, 0.25) is 0 Å². The van der Waals surface area contributed by atoms with Gasteiger partial charge in [-0.2, -0.15) is 0 Å². The average Bonchev–Trinajstić information content (AvgIpc) is 2.59. The Labute approximate surface area is 152 Å². The molecular weight excluding hydrogens is 317 g/mol. The first-order chi connectivity index (χ1) is 9.66. The van der Waals surface area contributed by atoms with Gasteiger partial charge in [0.15, 0.2) is 0 Å². The van der Waals surface area contributed by atoms with Crippen LogP contribution in [0.25, 0.3) is 5.69 Å². The molecule has 0 saturated carbocycles. The number of hydrogen-bond donors (Lipinski definition) is 1. The van der Waals surface area contributed by atoms with Crippen molar-refractivity contribution in [3.05, 3.63) is 46.4 Å². The molecule has 0 aliphatic heterocycles. The van der Waals surface area contributed by atoms with E-state index in [0.717, 1.165) is 11.4 Å². The molecule has 2 rings (SSSR count). The third kappa shape index (κ3) is 5.62. The predicted molar refractivity (Wildman–Crippen MR) is 80.9 cm³/mol. The van der Waals surface area contributed by atoms with Gasteiger partial charge in [0, 0.05) is 20.4 Å². The van der Waals surface area contributed by atoms with E-state index >= 15 is 0 Å². The molecule has 1 aromatic carbocycles. The molecule has 0 aliphatic rings. The first-order valence-corrected chi connectivity index (χ1v) is 7.91. The molecule has 7 nitrogen and oxygen atoms in total. The number of nitrogens with one attached hydrogen (secondary N) is 1. The van der Waals surface area contributed by atoms with Gasteiger partial charge < -0.3 is 9.87 Å². The van der Waals surface area contributed by atoms with Crippen molar-refractivity contribution >= 4 is 15.8 Å². The van der Waals surface area contributed by atoms with Gasteiger partial charge in [0.1, 0.15) is 5.69 Å². The van der Waals surface area contributed by atoms with Gasteiger partial charge in [0.25, 0.3) is 5.56 Å². The summed E-state index contributed by atoms with van der Waals surface area (Å²) < 4.78 is 30.7. The molecule has 0 aliphatic carbocycles. The summed E-state index contributed by atoms with van der Waals surface area (Å²) in [6.07, 6.45) is 0.604. The average molecular weight is 335 g/mol. The summed E-state index contributed by atoms with van der Waals surface area (Å²) in [6.45, 7) is 1.92. The summed E-state index contributed by atoms with van der Waals surface area (Å²) in [6, 6.07) is 9.61. The zero-order valence-electron chi connectivity index (χ0n) is 13.3. The van der Waals surface area contributed by atoms with Crippen LogP contribution >= 0.6 is 0 Å². The third-order valence-corrected chi connectivity index (χ3v) is 2.80. The summed E-state index contributed by atoms with van der Waals surface area (Å²) in [5, 5.41) is 2.94. The molecule has 0 bridgehead atoms. The van der Waals surface area contributed by atoms with Crippen LogP contribution in [-0.4, -0.2) is 35.6 Å². The van der Waals surface area contributed by atoms with E-state index in [4.69, 9.17) is 13.0 Å². The fourth-order valence-electron chi connectivity index (χ4n) is 1.86. The van der Waals surface area contributed by atoms with Crippen LogP contribution in [0.3, 0.4) is 0 Å². The fourth-order valence-corrected chi connectivity index (χ4v) is 1.86. The minimum Gasteiger partial charge on any atom is -0.748 e. The molecule has 9 heteroatoms. The van der Waals surface area contributed by atoms with Crippen molar-refractivity contribution in [2.45, 2.75) is 6.92 Å². The van der Waals surface area contributed by atoms with Crippen molar-refractivity contribution in [1.29, 1.82) is 0 Å². The Kier molecular flexibility index (Phi) is 8.13. The molecule has 1 aromatic heterocycles. The topological polar surface area (TPSA) is 96.2 Å². The summed E-state index contributed by atoms with van der Waals surface area (Å²) in [7, 11) is -0.274. The Hall–Kier alpha value is -1.06. The smallest absolute Gasteiger partial charge is 0.748 e. The molecule has 0 fully saturated rings. The van der Waals surface area contributed by atoms with Gasteiger partial charge in [-0.25, -0.2) is 13.1 Å². The van der Waals surface area contributed by atoms with Crippen molar-refractivity contribution in [3.8, 4) is 5.69 Å². The van der Waals surface area contributed by atoms with E-state index in [-0.39, 0.29) is 35.1 Å². The monoisotopic (exact) mass is 335 g/mol. The Morgan fingerprint density at radius 3 is 2.00 bits per heavy atom. The molecule has 22 heavy (non-hydrogen) atoms. The van der Waals surface area contributed by atoms with Crippen LogP contribution < -0.4 is 40.4 Å². The van der Waals surface area contributed by atoms with E-state index in [1.165, 1.54) is 0 Å². The minimum atomic E-state index is -3.92. The van der Waals surface area contributed by atoms with Crippen LogP contribution in [-0.2, 0) is 17.2 Å². The maximum atomic E-state index is 12.1. The largest absolute Gasteiger partial charge is 1.00 e. The Morgan fingerprint density at radius 1 is 1.18 bits per heavy atom. The molecular formula is C13H18N3NaO4S. The fraction of sp³-hybridized carbons (Fsp3) is 0.308. The van der Waals surface area contributed by atoms with Crippen molar-refractivity contribution in [2.75, 3.05) is 18.6 Å². The predicted octanol–water partition coefficient (Wildman–Crippen LogP) is -2.31. The van der Waals surface area contributed by atoms with Crippen molar-refractivity contribution in [3.63, 3.8) is 0 Å². The van der Waals surface area contributed by atoms with Crippen LogP contribution in [0.1, 0.15) is 5.69 Å². The number of anilines is 1. The first-order valence-electron chi connectivity index (χ1n) is 6.09.